The molecule has 1 aromatic carbocycles. The summed E-state index contributed by atoms with van der Waals surface area (Å²) in [5, 5.41) is 0. The van der Waals surface area contributed by atoms with Crippen LogP contribution in [0.15, 0.2) is 36.4 Å². The Kier molecular flexibility index (Phi) is 7.22. The number of amides is 1. The van der Waals surface area contributed by atoms with E-state index >= 15 is 0 Å². The van der Waals surface area contributed by atoms with E-state index < -0.39 is 48.6 Å². The maximum Gasteiger partial charge on any atom is 0.522 e. The van der Waals surface area contributed by atoms with Crippen molar-refractivity contribution in [1.82, 2.24) is 9.88 Å². The molecule has 2 fully saturated rings. The Hall–Kier alpha value is -2.83. The van der Waals surface area contributed by atoms with E-state index in [9.17, 15) is 22.4 Å². The maximum absolute atomic E-state index is 13.9. The van der Waals surface area contributed by atoms with Crippen molar-refractivity contribution in [2.75, 3.05) is 33.4 Å². The average molecular weight is 506 g/mol. The van der Waals surface area contributed by atoms with E-state index in [1.165, 1.54) is 42.3 Å². The van der Waals surface area contributed by atoms with Gasteiger partial charge in [-0.1, -0.05) is 12.1 Å². The van der Waals surface area contributed by atoms with Crippen molar-refractivity contribution in [2.24, 2.45) is 0 Å². The summed E-state index contributed by atoms with van der Waals surface area (Å²) in [5.41, 5.74) is -2.63. The summed E-state index contributed by atoms with van der Waals surface area (Å²) in [6.07, 6.45) is -5.37. The Morgan fingerprint density at radius 1 is 1.25 bits per heavy atom. The zero-order chi connectivity index (χ0) is 26.1. The van der Waals surface area contributed by atoms with Crippen LogP contribution in [-0.4, -0.2) is 82.9 Å². The van der Waals surface area contributed by atoms with Gasteiger partial charge in [-0.3, -0.25) is 9.53 Å². The highest BCUT2D eigenvalue weighted by atomic mass is 19.4. The largest absolute Gasteiger partial charge is 0.522 e. The number of pyridine rings is 1. The predicted molar refractivity (Wildman–Crippen MR) is 117 cm³/mol. The summed E-state index contributed by atoms with van der Waals surface area (Å²) in [7, 11) is 13.0. The molecule has 8 nitrogen and oxygen atoms in total. The Balaban J connectivity index is 1.48. The molecule has 2 unspecified atom stereocenters. The van der Waals surface area contributed by atoms with Crippen molar-refractivity contribution in [3.05, 3.63) is 53.5 Å². The van der Waals surface area contributed by atoms with Gasteiger partial charge in [0.1, 0.15) is 45.5 Å². The number of nitrogens with zero attached hydrogens (tertiary/aromatic N) is 2. The summed E-state index contributed by atoms with van der Waals surface area (Å²) in [4.78, 5) is 18.8. The number of alkyl halides is 3. The first-order valence-electron chi connectivity index (χ1n) is 10.8. The highest BCUT2D eigenvalue weighted by molar-refractivity contribution is 6.38. The molecule has 3 heterocycles. The molecule has 0 bridgehead atoms. The molecule has 1 amide bonds. The number of benzene rings is 1. The van der Waals surface area contributed by atoms with Crippen LogP contribution < -0.4 is 9.47 Å². The van der Waals surface area contributed by atoms with Gasteiger partial charge >= 0.3 is 6.36 Å². The van der Waals surface area contributed by atoms with Gasteiger partial charge < -0.3 is 23.8 Å². The van der Waals surface area contributed by atoms with Crippen molar-refractivity contribution in [1.29, 1.82) is 0 Å². The van der Waals surface area contributed by atoms with Crippen LogP contribution in [0.5, 0.6) is 11.6 Å². The molecule has 2 aliphatic heterocycles. The summed E-state index contributed by atoms with van der Waals surface area (Å²) < 4.78 is 75.7. The van der Waals surface area contributed by atoms with Gasteiger partial charge in [0.2, 0.25) is 0 Å². The number of carbonyl (C=O) groups excluding carboxylic acids is 1. The van der Waals surface area contributed by atoms with Gasteiger partial charge in [0, 0.05) is 13.0 Å². The number of methoxy groups -OCH3 is 1. The number of halogens is 4. The SMILES string of the molecule is [B]C1([B])OC2CN(C(=O)c3ccc(OCCOC(F)(F)F)c(OC)n3)CCC2(c2cccc(F)c2)O1. The Morgan fingerprint density at radius 3 is 2.72 bits per heavy atom. The minimum atomic E-state index is -4.77. The van der Waals surface area contributed by atoms with E-state index in [0.29, 0.717) is 5.56 Å². The number of hydrogen-bond acceptors (Lipinski definition) is 7. The van der Waals surface area contributed by atoms with Gasteiger partial charge in [0.05, 0.1) is 25.8 Å². The highest BCUT2D eigenvalue weighted by Gasteiger charge is 2.56. The lowest BCUT2D eigenvalue weighted by Gasteiger charge is -2.42. The van der Waals surface area contributed by atoms with E-state index in [2.05, 4.69) is 9.72 Å². The number of carbonyl (C=O) groups is 1. The molecule has 0 saturated carbocycles. The second kappa shape index (κ2) is 9.91. The molecule has 1 aromatic heterocycles. The fraction of sp³-hybridized carbons (Fsp3) is 0.455. The molecule has 0 spiro atoms. The molecule has 2 saturated heterocycles. The Morgan fingerprint density at radius 2 is 2.03 bits per heavy atom. The number of piperidine rings is 1. The molecular weight excluding hydrogens is 486 g/mol. The maximum atomic E-state index is 13.9. The molecule has 36 heavy (non-hydrogen) atoms. The quantitative estimate of drug-likeness (QED) is 0.324. The lowest BCUT2D eigenvalue weighted by atomic mass is 9.76. The van der Waals surface area contributed by atoms with Gasteiger partial charge in [-0.05, 0) is 29.8 Å². The summed E-state index contributed by atoms with van der Waals surface area (Å²) >= 11 is 0. The van der Waals surface area contributed by atoms with E-state index in [1.54, 1.807) is 6.07 Å². The Labute approximate surface area is 206 Å². The first-order chi connectivity index (χ1) is 16.9. The number of hydrogen-bond donors (Lipinski definition) is 0. The normalized spacial score (nSPS) is 23.2. The molecule has 2 atom stereocenters. The highest BCUT2D eigenvalue weighted by Crippen LogP contribution is 2.47. The van der Waals surface area contributed by atoms with Crippen LogP contribution in [0.4, 0.5) is 17.6 Å². The smallest absolute Gasteiger partial charge is 0.486 e. The van der Waals surface area contributed by atoms with Crippen LogP contribution in [0.2, 0.25) is 0 Å². The monoisotopic (exact) mass is 506 g/mol. The van der Waals surface area contributed by atoms with Crippen molar-refractivity contribution < 1.29 is 46.0 Å². The molecule has 0 N–H and O–H groups in total. The summed E-state index contributed by atoms with van der Waals surface area (Å²) in [6, 6.07) is 8.50. The minimum Gasteiger partial charge on any atom is -0.486 e. The van der Waals surface area contributed by atoms with Crippen LogP contribution in [0, 0.1) is 5.82 Å². The van der Waals surface area contributed by atoms with Crippen LogP contribution in [-0.2, 0) is 19.8 Å². The number of rotatable bonds is 7. The fourth-order valence-electron chi connectivity index (χ4n) is 4.28. The fourth-order valence-corrected chi connectivity index (χ4v) is 4.28. The van der Waals surface area contributed by atoms with E-state index in [1.807, 2.05) is 0 Å². The molecule has 4 radical (unpaired) electrons. The minimum absolute atomic E-state index is 0.00493. The van der Waals surface area contributed by atoms with Gasteiger partial charge in [-0.15, -0.1) is 13.2 Å². The standard InChI is InChI=1S/C22H20B2F4N2O6/c1-32-18-16(33-9-10-34-22(26,27)28)6-5-15(29-18)19(31)30-8-7-20(13-3-2-4-14(25)11-13)17(12-30)35-21(23,24)36-20/h2-6,11,17H,7-10,12H2,1H3. The molecule has 0 aliphatic carbocycles. The van der Waals surface area contributed by atoms with E-state index in [0.717, 1.165) is 0 Å². The summed E-state index contributed by atoms with van der Waals surface area (Å²) in [6.45, 7) is -0.954. The molecule has 2 aromatic rings. The van der Waals surface area contributed by atoms with E-state index in [-0.39, 0.29) is 36.8 Å². The third-order valence-electron chi connectivity index (χ3n) is 5.77. The van der Waals surface area contributed by atoms with Gasteiger partial charge in [-0.25, -0.2) is 9.37 Å². The molecule has 14 heteroatoms. The van der Waals surface area contributed by atoms with Crippen molar-refractivity contribution in [2.45, 2.75) is 30.1 Å². The van der Waals surface area contributed by atoms with Crippen LogP contribution in [0.3, 0.4) is 0 Å². The second-order valence-corrected chi connectivity index (χ2v) is 8.18. The van der Waals surface area contributed by atoms with Gasteiger partial charge in [-0.2, -0.15) is 0 Å². The average Bonchev–Trinajstić information content (AvgIpc) is 3.11. The van der Waals surface area contributed by atoms with Crippen LogP contribution in [0.1, 0.15) is 22.5 Å². The number of aromatic nitrogens is 1. The van der Waals surface area contributed by atoms with Crippen LogP contribution >= 0.6 is 0 Å². The zero-order valence-corrected chi connectivity index (χ0v) is 19.1. The summed E-state index contributed by atoms with van der Waals surface area (Å²) in [5.74, 6) is -1.02. The van der Waals surface area contributed by atoms with Crippen LogP contribution in [0.25, 0.3) is 0 Å². The van der Waals surface area contributed by atoms with Gasteiger partial charge in [0.25, 0.3) is 11.8 Å². The predicted octanol–water partition coefficient (Wildman–Crippen LogP) is 2.25. The molecule has 4 rings (SSSR count). The number of ether oxygens (including phenoxy) is 5. The van der Waals surface area contributed by atoms with Gasteiger partial charge in [0.15, 0.2) is 5.75 Å². The van der Waals surface area contributed by atoms with E-state index in [4.69, 9.17) is 34.6 Å². The number of likely N-dealkylation sites (tertiary alicyclic amines) is 1. The zero-order valence-electron chi connectivity index (χ0n) is 19.1. The first kappa shape index (κ1) is 26.2. The third-order valence-corrected chi connectivity index (χ3v) is 5.77. The van der Waals surface area contributed by atoms with Crippen molar-refractivity contribution in [3.63, 3.8) is 0 Å². The lowest BCUT2D eigenvalue weighted by molar-refractivity contribution is -0.325. The van der Waals surface area contributed by atoms with Crippen molar-refractivity contribution >= 4 is 21.6 Å². The molecular formula is C22H20B2F4N2O6. The second-order valence-electron chi connectivity index (χ2n) is 8.18. The lowest BCUT2D eigenvalue weighted by Crippen LogP contribution is -2.53. The third kappa shape index (κ3) is 5.60. The molecule has 188 valence electrons. The Bertz CT molecular complexity index is 1120. The molecule has 2 aliphatic rings. The first-order valence-corrected chi connectivity index (χ1v) is 10.8. The topological polar surface area (TPSA) is 79.4 Å². The van der Waals surface area contributed by atoms with Crippen molar-refractivity contribution in [3.8, 4) is 11.6 Å². The number of fused-ring (bicyclic) bond motifs is 1.